The summed E-state index contributed by atoms with van der Waals surface area (Å²) in [5, 5.41) is 7.08. The van der Waals surface area contributed by atoms with Gasteiger partial charge in [0.05, 0.1) is 24.8 Å². The first kappa shape index (κ1) is 39.8. The van der Waals surface area contributed by atoms with Crippen LogP contribution in [0.25, 0.3) is 43.4 Å². The number of hydrogen-bond donors (Lipinski definition) is 0. The summed E-state index contributed by atoms with van der Waals surface area (Å²) in [6.45, 7) is 15.6. The van der Waals surface area contributed by atoms with Crippen molar-refractivity contribution >= 4 is 43.9 Å². The number of benzene rings is 5. The summed E-state index contributed by atoms with van der Waals surface area (Å²) in [4.78, 5) is 0. The monoisotopic (exact) mass is 722 g/mol. The molecule has 5 rings (SSSR count). The molecule has 0 aromatic heterocycles. The minimum absolute atomic E-state index is 0.466. The van der Waals surface area contributed by atoms with Gasteiger partial charge in [-0.3, -0.25) is 0 Å². The molecule has 5 aromatic carbocycles. The van der Waals surface area contributed by atoms with E-state index in [4.69, 9.17) is 25.8 Å². The molecule has 0 aliphatic rings. The van der Waals surface area contributed by atoms with E-state index in [1.54, 1.807) is 0 Å². The molecule has 280 valence electrons. The van der Waals surface area contributed by atoms with Gasteiger partial charge in [-0.15, -0.1) is 0 Å². The summed E-state index contributed by atoms with van der Waals surface area (Å²) in [5.41, 5.74) is 1.99. The highest BCUT2D eigenvalue weighted by atomic mass is 35.5. The summed E-state index contributed by atoms with van der Waals surface area (Å²) in [7, 11) is 0. The van der Waals surface area contributed by atoms with Crippen molar-refractivity contribution in [2.24, 2.45) is 17.8 Å². The van der Waals surface area contributed by atoms with Crippen LogP contribution in [0.2, 0.25) is 5.02 Å². The molecule has 0 saturated heterocycles. The van der Waals surface area contributed by atoms with Crippen LogP contribution in [0, 0.1) is 17.8 Å². The van der Waals surface area contributed by atoms with Crippen LogP contribution in [-0.2, 0) is 0 Å². The second-order valence-electron chi connectivity index (χ2n) is 14.9. The molecule has 5 aromatic rings. The van der Waals surface area contributed by atoms with Crippen molar-refractivity contribution in [1.82, 2.24) is 0 Å². The molecule has 3 unspecified atom stereocenters. The average Bonchev–Trinajstić information content (AvgIpc) is 3.18. The molecule has 52 heavy (non-hydrogen) atoms. The Bertz CT molecular complexity index is 1810. The van der Waals surface area contributed by atoms with Crippen molar-refractivity contribution in [3.63, 3.8) is 0 Å². The molecule has 0 N–H and O–H groups in total. The van der Waals surface area contributed by atoms with E-state index in [2.05, 4.69) is 114 Å². The van der Waals surface area contributed by atoms with Gasteiger partial charge in [-0.05, 0) is 47.8 Å². The minimum atomic E-state index is 0.466. The quantitative estimate of drug-likeness (QED) is 0.0666. The standard InChI is InChI=1S/C48H63ClO3/c1-7-13-22-34(10-4)31-50-46-39-27-18-16-25-37(39)43(38-26-17-19-28-40(38)46)44-45(49)48(52-33-36(12-6)24-15-9-3)42-30-21-20-29-41(42)47(44)51-32-35(11-5)23-14-8-2/h16-21,25-30,34-36H,7-15,22-24,31-33H2,1-6H3. The van der Waals surface area contributed by atoms with E-state index < -0.39 is 0 Å². The Labute approximate surface area is 319 Å². The predicted molar refractivity (Wildman–Crippen MR) is 226 cm³/mol. The average molecular weight is 723 g/mol. The maximum Gasteiger partial charge on any atom is 0.146 e. The fourth-order valence-corrected chi connectivity index (χ4v) is 8.01. The van der Waals surface area contributed by atoms with Gasteiger partial charge in [0.1, 0.15) is 17.2 Å². The Morgan fingerprint density at radius 2 is 0.750 bits per heavy atom. The molecular formula is C48H63ClO3. The Kier molecular flexibility index (Phi) is 15.4. The molecule has 0 spiro atoms. The van der Waals surface area contributed by atoms with Crippen molar-refractivity contribution in [3.05, 3.63) is 77.8 Å². The first-order valence-corrected chi connectivity index (χ1v) is 20.9. The smallest absolute Gasteiger partial charge is 0.146 e. The van der Waals surface area contributed by atoms with Gasteiger partial charge in [0.2, 0.25) is 0 Å². The molecule has 3 atom stereocenters. The number of hydrogen-bond acceptors (Lipinski definition) is 3. The number of rotatable bonds is 22. The molecule has 0 bridgehead atoms. The molecule has 0 radical (unpaired) electrons. The summed E-state index contributed by atoms with van der Waals surface area (Å²) < 4.78 is 20.8. The van der Waals surface area contributed by atoms with E-state index in [1.807, 2.05) is 0 Å². The number of unbranched alkanes of at least 4 members (excludes halogenated alkanes) is 3. The largest absolute Gasteiger partial charge is 0.492 e. The van der Waals surface area contributed by atoms with Crippen LogP contribution in [-0.4, -0.2) is 19.8 Å². The maximum atomic E-state index is 7.77. The van der Waals surface area contributed by atoms with Gasteiger partial charge in [-0.2, -0.15) is 0 Å². The molecule has 3 nitrogen and oxygen atoms in total. The van der Waals surface area contributed by atoms with E-state index in [9.17, 15) is 0 Å². The maximum absolute atomic E-state index is 7.77. The summed E-state index contributed by atoms with van der Waals surface area (Å²) in [6.07, 6.45) is 14.0. The Hall–Kier alpha value is -3.43. The van der Waals surface area contributed by atoms with Gasteiger partial charge in [0.25, 0.3) is 0 Å². The molecule has 0 aliphatic carbocycles. The zero-order chi connectivity index (χ0) is 36.9. The summed E-state index contributed by atoms with van der Waals surface area (Å²) in [6, 6.07) is 25.9. The Morgan fingerprint density at radius 1 is 0.423 bits per heavy atom. The first-order valence-electron chi connectivity index (χ1n) is 20.6. The van der Waals surface area contributed by atoms with Gasteiger partial charge in [-0.25, -0.2) is 0 Å². The van der Waals surface area contributed by atoms with Crippen LogP contribution < -0.4 is 14.2 Å². The van der Waals surface area contributed by atoms with Crippen LogP contribution in [0.15, 0.2) is 72.8 Å². The second-order valence-corrected chi connectivity index (χ2v) is 15.2. The molecular weight excluding hydrogens is 660 g/mol. The van der Waals surface area contributed by atoms with E-state index in [0.29, 0.717) is 42.6 Å². The van der Waals surface area contributed by atoms with Gasteiger partial charge >= 0.3 is 0 Å². The number of ether oxygens (including phenoxy) is 3. The third-order valence-electron chi connectivity index (χ3n) is 11.2. The molecule has 0 heterocycles. The van der Waals surface area contributed by atoms with Crippen LogP contribution in [0.1, 0.15) is 119 Å². The Balaban J connectivity index is 1.77. The number of fused-ring (bicyclic) bond motifs is 3. The minimum Gasteiger partial charge on any atom is -0.492 e. The van der Waals surface area contributed by atoms with Crippen LogP contribution in [0.3, 0.4) is 0 Å². The highest BCUT2D eigenvalue weighted by Gasteiger charge is 2.27. The van der Waals surface area contributed by atoms with Gasteiger partial charge in [0, 0.05) is 32.7 Å². The molecule has 0 aliphatic heterocycles. The topological polar surface area (TPSA) is 27.7 Å². The van der Waals surface area contributed by atoms with Crippen LogP contribution >= 0.6 is 11.6 Å². The molecule has 0 saturated carbocycles. The van der Waals surface area contributed by atoms with E-state index in [0.717, 1.165) is 92.8 Å². The van der Waals surface area contributed by atoms with Crippen molar-refractivity contribution in [2.45, 2.75) is 119 Å². The van der Waals surface area contributed by atoms with E-state index in [-0.39, 0.29) is 0 Å². The SMILES string of the molecule is CCCCC(CC)COc1c(Cl)c(-c2c3ccccc3c(OCC(CC)CCCC)c3ccccc23)c(OCC(CC)CCCC)c2ccccc12. The molecule has 0 fully saturated rings. The lowest BCUT2D eigenvalue weighted by Gasteiger charge is -2.25. The predicted octanol–water partition coefficient (Wildman–Crippen LogP) is 15.3. The van der Waals surface area contributed by atoms with Crippen molar-refractivity contribution in [1.29, 1.82) is 0 Å². The van der Waals surface area contributed by atoms with E-state index >= 15 is 0 Å². The third kappa shape index (κ3) is 9.19. The molecule has 0 amide bonds. The highest BCUT2D eigenvalue weighted by molar-refractivity contribution is 6.38. The van der Waals surface area contributed by atoms with Gasteiger partial charge < -0.3 is 14.2 Å². The third-order valence-corrected chi connectivity index (χ3v) is 11.6. The zero-order valence-electron chi connectivity index (χ0n) is 32.9. The van der Waals surface area contributed by atoms with Crippen LogP contribution in [0.5, 0.6) is 17.2 Å². The Morgan fingerprint density at radius 3 is 1.13 bits per heavy atom. The van der Waals surface area contributed by atoms with Crippen molar-refractivity contribution in [2.75, 3.05) is 19.8 Å². The zero-order valence-corrected chi connectivity index (χ0v) is 33.6. The van der Waals surface area contributed by atoms with E-state index in [1.165, 1.54) is 44.9 Å². The fourth-order valence-electron chi connectivity index (χ4n) is 7.67. The summed E-state index contributed by atoms with van der Waals surface area (Å²) >= 11 is 7.77. The normalized spacial score (nSPS) is 13.4. The van der Waals surface area contributed by atoms with Crippen molar-refractivity contribution < 1.29 is 14.2 Å². The second kappa shape index (κ2) is 20.1. The lowest BCUT2D eigenvalue weighted by molar-refractivity contribution is 0.232. The van der Waals surface area contributed by atoms with Gasteiger partial charge in [0.15, 0.2) is 0 Å². The van der Waals surface area contributed by atoms with Crippen molar-refractivity contribution in [3.8, 4) is 28.4 Å². The molecule has 4 heteroatoms. The lowest BCUT2D eigenvalue weighted by atomic mass is 9.89. The summed E-state index contributed by atoms with van der Waals surface area (Å²) in [5.74, 6) is 4.01. The lowest BCUT2D eigenvalue weighted by Crippen LogP contribution is -2.14. The number of halogens is 1. The highest BCUT2D eigenvalue weighted by Crippen LogP contribution is 2.54. The first-order chi connectivity index (χ1) is 25.5. The van der Waals surface area contributed by atoms with Crippen LogP contribution in [0.4, 0.5) is 0 Å². The van der Waals surface area contributed by atoms with Gasteiger partial charge in [-0.1, -0.05) is 184 Å². The fraction of sp³-hybridized carbons (Fsp3) is 0.500.